The SMILES string of the molecule is C.C=CCOC(=O)C(C)(CO)COC(=O)OCC(C)(COC(=O)OCCC(C)C)C(=O)OCC.C=CCOC(=O)C1(C)COC(=O)OC1.CC(C)CCO.CCOC(=O)C1(C)COC(=O)OC1.O=S(=O)([O][Sn][O]S(=O)(=O)C(F)(F)F)C(F)(F)F. The molecule has 0 amide bonds. The number of halogens is 6. The van der Waals surface area contributed by atoms with Crippen molar-refractivity contribution < 1.29 is 154 Å². The zero-order valence-corrected chi connectivity index (χ0v) is 51.6. The van der Waals surface area contributed by atoms with E-state index >= 15 is 0 Å². The van der Waals surface area contributed by atoms with Gasteiger partial charge in [-0.3, -0.25) is 19.2 Å². The Balaban J connectivity index is -0.000000525. The zero-order chi connectivity index (χ0) is 65.1. The van der Waals surface area contributed by atoms with Gasteiger partial charge in [0, 0.05) is 6.61 Å². The van der Waals surface area contributed by atoms with Crippen LogP contribution < -0.4 is 0 Å². The number of aliphatic hydroxyl groups is 2. The number of cyclic esters (lactones) is 4. The van der Waals surface area contributed by atoms with Crippen LogP contribution in [0.3, 0.4) is 0 Å². The van der Waals surface area contributed by atoms with Crippen molar-refractivity contribution in [3.05, 3.63) is 25.3 Å². The second-order valence-corrected chi connectivity index (χ2v) is 25.0. The van der Waals surface area contributed by atoms with Crippen molar-refractivity contribution >= 4 is 90.7 Å². The zero-order valence-electron chi connectivity index (χ0n) is 47.1. The molecule has 2 aliphatic heterocycles. The summed E-state index contributed by atoms with van der Waals surface area (Å²) in [5.41, 5.74) is -16.5. The molecule has 0 bridgehead atoms. The third-order valence-corrected chi connectivity index (χ3v) is 16.2. The average molecular weight is 1390 g/mol. The van der Waals surface area contributed by atoms with Crippen LogP contribution in [0.2, 0.25) is 0 Å². The molecule has 0 aromatic heterocycles. The first-order valence-electron chi connectivity index (χ1n) is 24.1. The number of rotatable bonds is 26. The van der Waals surface area contributed by atoms with Gasteiger partial charge in [0.2, 0.25) is 0 Å². The van der Waals surface area contributed by atoms with Gasteiger partial charge in [-0.25, -0.2) is 19.2 Å². The monoisotopic (exact) mass is 1390 g/mol. The molecule has 2 saturated heterocycles. The molecule has 0 aromatic rings. The molecular weight excluding hydrogens is 1310 g/mol. The van der Waals surface area contributed by atoms with Gasteiger partial charge in [0.15, 0.2) is 0 Å². The van der Waals surface area contributed by atoms with E-state index in [9.17, 15) is 86.6 Å². The van der Waals surface area contributed by atoms with Gasteiger partial charge in [-0.2, -0.15) is 0 Å². The Kier molecular flexibility index (Phi) is 41.3. The average Bonchev–Trinajstić information content (AvgIpc) is 3.40. The summed E-state index contributed by atoms with van der Waals surface area (Å²) in [6.07, 6.45) is 0.736. The van der Waals surface area contributed by atoms with Crippen LogP contribution in [0, 0.1) is 33.5 Å². The van der Waals surface area contributed by atoms with Crippen LogP contribution in [0.5, 0.6) is 0 Å². The second-order valence-electron chi connectivity index (χ2n) is 18.6. The van der Waals surface area contributed by atoms with Gasteiger partial charge in [-0.05, 0) is 66.2 Å². The minimum absolute atomic E-state index is 0. The number of hydrogen-bond donors (Lipinski definition) is 2. The molecule has 2 radical (unpaired) electrons. The fraction of sp³-hybridized carbons (Fsp3) is 0.745. The molecule has 84 heavy (non-hydrogen) atoms. The summed E-state index contributed by atoms with van der Waals surface area (Å²) < 4.78 is 174. The van der Waals surface area contributed by atoms with E-state index in [-0.39, 0.29) is 60.3 Å². The summed E-state index contributed by atoms with van der Waals surface area (Å²) in [6, 6.07) is 0. The summed E-state index contributed by atoms with van der Waals surface area (Å²) in [5, 5.41) is 17.7. The standard InChI is InChI=1S/C22H36O11.C9H12O5.C8H12O5.C5H12O.2CHF3O3S.CH4.Sn/c1-7-10-29-17(24)21(5,12-23)13-31-20(27)33-15-22(6,18(25)28-8-2)14-32-19(26)30-11-9-16(3)4;1-3-4-12-7(10)9(2)5-13-8(11)14-6-9;1-3-11-6(9)8(2)4-12-7(10)13-5-8;1-5(2)3-4-6;2*2-1(3,4)8(5,6)7;;/h7,16,23H,1,8-15H2,2-6H3;3H,1,4-6H2,2H3;3-5H2,1-2H3;5-6H,3-4H2,1-2H3;2*(H,5,6,7);1H4;/q;;;;;;;+2/p-2. The van der Waals surface area contributed by atoms with E-state index in [1.807, 2.05) is 13.8 Å². The fourth-order valence-electron chi connectivity index (χ4n) is 4.40. The molecule has 2 atom stereocenters. The number of alkyl halides is 6. The maximum atomic E-state index is 12.4. The van der Waals surface area contributed by atoms with Crippen molar-refractivity contribution in [1.82, 2.24) is 0 Å². The second kappa shape index (κ2) is 40.8. The van der Waals surface area contributed by atoms with Crippen LogP contribution in [0.15, 0.2) is 25.3 Å². The number of carbonyl (C=O) groups is 8. The van der Waals surface area contributed by atoms with Gasteiger partial charge in [-0.15, -0.1) is 0 Å². The van der Waals surface area contributed by atoms with Crippen LogP contribution in [0.4, 0.5) is 45.5 Å². The Morgan fingerprint density at radius 2 is 0.940 bits per heavy atom. The van der Waals surface area contributed by atoms with Crippen LogP contribution >= 0.6 is 0 Å². The molecule has 2 fully saturated rings. The number of aliphatic hydroxyl groups excluding tert-OH is 2. The molecule has 2 rings (SSSR count). The topological polar surface area (TPSA) is 375 Å². The van der Waals surface area contributed by atoms with Gasteiger partial charge in [0.05, 0.1) is 26.4 Å². The number of ether oxygens (including phenoxy) is 12. The van der Waals surface area contributed by atoms with E-state index in [4.69, 9.17) is 43.0 Å². The molecule has 2 N–H and O–H groups in total. The van der Waals surface area contributed by atoms with Crippen molar-refractivity contribution in [2.75, 3.05) is 92.5 Å². The molecule has 490 valence electrons. The third-order valence-electron chi connectivity index (χ3n) is 9.57. The molecule has 2 aliphatic rings. The van der Waals surface area contributed by atoms with Gasteiger partial charge < -0.3 is 67.1 Å². The Morgan fingerprint density at radius 3 is 1.26 bits per heavy atom. The molecule has 2 unspecified atom stereocenters. The van der Waals surface area contributed by atoms with Crippen LogP contribution in [-0.2, 0) is 101 Å². The molecule has 0 aromatic carbocycles. The van der Waals surface area contributed by atoms with Gasteiger partial charge in [0.25, 0.3) is 0 Å². The summed E-state index contributed by atoms with van der Waals surface area (Å²) >= 11 is -3.86. The number of esters is 4. The first-order chi connectivity index (χ1) is 38.1. The van der Waals surface area contributed by atoms with E-state index in [0.717, 1.165) is 6.42 Å². The Labute approximate surface area is 494 Å². The van der Waals surface area contributed by atoms with E-state index < -0.39 is 150 Å². The molecule has 37 heteroatoms. The van der Waals surface area contributed by atoms with E-state index in [1.54, 1.807) is 27.7 Å². The van der Waals surface area contributed by atoms with E-state index in [1.165, 1.54) is 26.0 Å². The molecule has 0 spiro atoms. The summed E-state index contributed by atoms with van der Waals surface area (Å²) in [7, 11) is -12.3. The minimum atomic E-state index is -6.15. The molecule has 0 aliphatic carbocycles. The van der Waals surface area contributed by atoms with Crippen LogP contribution in [0.25, 0.3) is 0 Å². The van der Waals surface area contributed by atoms with Crippen LogP contribution in [-0.4, -0.2) is 201 Å². The fourth-order valence-corrected chi connectivity index (χ4v) is 8.75. The first-order valence-corrected chi connectivity index (χ1v) is 29.3. The van der Waals surface area contributed by atoms with E-state index in [2.05, 4.69) is 51.0 Å². The Bertz CT molecular complexity index is 2240. The van der Waals surface area contributed by atoms with Gasteiger partial charge >= 0.3 is 150 Å². The van der Waals surface area contributed by atoms with Gasteiger partial charge in [0.1, 0.15) is 81.1 Å². The maximum absolute atomic E-state index is 12.4. The first kappa shape index (κ1) is 85.0. The number of carbonyl (C=O) groups excluding carboxylic acids is 8. The van der Waals surface area contributed by atoms with Crippen molar-refractivity contribution in [2.45, 2.75) is 101 Å². The predicted octanol–water partition coefficient (Wildman–Crippen LogP) is 6.16. The number of hydrogen-bond acceptors (Lipinski definition) is 28. The summed E-state index contributed by atoms with van der Waals surface area (Å²) in [5.74, 6) is -1.43. The normalized spacial score (nSPS) is 15.6. The van der Waals surface area contributed by atoms with Crippen molar-refractivity contribution in [2.24, 2.45) is 33.5 Å². The predicted molar refractivity (Wildman–Crippen MR) is 275 cm³/mol. The Morgan fingerprint density at radius 1 is 0.595 bits per heavy atom. The quantitative estimate of drug-likeness (QED) is 0.0244. The Hall–Kier alpha value is -5.44. The van der Waals surface area contributed by atoms with Crippen LogP contribution in [0.1, 0.15) is 89.5 Å². The molecule has 28 nitrogen and oxygen atoms in total. The molecule has 2 heterocycles. The van der Waals surface area contributed by atoms with E-state index in [0.29, 0.717) is 31.5 Å². The van der Waals surface area contributed by atoms with Gasteiger partial charge in [-0.1, -0.05) is 60.4 Å². The van der Waals surface area contributed by atoms with Crippen molar-refractivity contribution in [3.63, 3.8) is 0 Å². The summed E-state index contributed by atoms with van der Waals surface area (Å²) in [4.78, 5) is 92.1. The third kappa shape index (κ3) is 34.5. The van der Waals surface area contributed by atoms with Crippen molar-refractivity contribution in [3.8, 4) is 0 Å². The summed E-state index contributed by atoms with van der Waals surface area (Å²) in [6.45, 7) is 23.0. The molecular formula is C47H76F6O28S2Sn. The van der Waals surface area contributed by atoms with Crippen molar-refractivity contribution in [1.29, 1.82) is 0 Å². The molecule has 0 saturated carbocycles.